The van der Waals surface area contributed by atoms with Crippen LogP contribution < -0.4 is 10.1 Å². The van der Waals surface area contributed by atoms with Gasteiger partial charge in [-0.3, -0.25) is 9.59 Å². The number of amides is 2. The SMILES string of the molecule is CC[C@@H](C)NC(=O)[C@@H](C)N(Cc1ccc(Cl)c(Cl)c1)C(=O)COc1ccc(Cl)cc1Cl. The van der Waals surface area contributed by atoms with Gasteiger partial charge in [-0.25, -0.2) is 0 Å². The zero-order valence-electron chi connectivity index (χ0n) is 17.4. The van der Waals surface area contributed by atoms with Crippen LogP contribution in [0.2, 0.25) is 20.1 Å². The van der Waals surface area contributed by atoms with Gasteiger partial charge in [-0.05, 0) is 56.2 Å². The van der Waals surface area contributed by atoms with E-state index in [1.807, 2.05) is 13.8 Å². The van der Waals surface area contributed by atoms with Crippen LogP contribution in [0, 0.1) is 0 Å². The molecule has 0 radical (unpaired) electrons. The zero-order chi connectivity index (χ0) is 23.1. The van der Waals surface area contributed by atoms with Crippen LogP contribution in [0.4, 0.5) is 0 Å². The molecule has 0 unspecified atom stereocenters. The van der Waals surface area contributed by atoms with Crippen molar-refractivity contribution in [3.05, 3.63) is 62.1 Å². The van der Waals surface area contributed by atoms with Crippen molar-refractivity contribution in [1.82, 2.24) is 10.2 Å². The highest BCUT2D eigenvalue weighted by Crippen LogP contribution is 2.28. The summed E-state index contributed by atoms with van der Waals surface area (Å²) in [6, 6.07) is 9.05. The van der Waals surface area contributed by atoms with E-state index in [4.69, 9.17) is 51.1 Å². The monoisotopic (exact) mass is 504 g/mol. The molecule has 2 atom stereocenters. The van der Waals surface area contributed by atoms with Gasteiger partial charge in [0.2, 0.25) is 5.91 Å². The minimum atomic E-state index is -0.736. The predicted octanol–water partition coefficient (Wildman–Crippen LogP) is 6.01. The van der Waals surface area contributed by atoms with Gasteiger partial charge in [0.25, 0.3) is 5.91 Å². The Bertz CT molecular complexity index is 939. The second-order valence-corrected chi connectivity index (χ2v) is 8.79. The summed E-state index contributed by atoms with van der Waals surface area (Å²) >= 11 is 24.1. The molecule has 0 aliphatic carbocycles. The first kappa shape index (κ1) is 25.6. The molecule has 9 heteroatoms. The lowest BCUT2D eigenvalue weighted by atomic mass is 10.1. The fraction of sp³-hybridized carbons (Fsp3) is 0.364. The van der Waals surface area contributed by atoms with Crippen LogP contribution in [0.25, 0.3) is 0 Å². The number of benzene rings is 2. The maximum Gasteiger partial charge on any atom is 0.261 e. The Hall–Kier alpha value is -1.66. The molecular formula is C22H24Cl4N2O3. The van der Waals surface area contributed by atoms with E-state index in [9.17, 15) is 9.59 Å². The van der Waals surface area contributed by atoms with Gasteiger partial charge in [-0.1, -0.05) is 59.4 Å². The van der Waals surface area contributed by atoms with Gasteiger partial charge in [-0.15, -0.1) is 0 Å². The number of halogens is 4. The number of carbonyl (C=O) groups is 2. The number of nitrogens with zero attached hydrogens (tertiary/aromatic N) is 1. The summed E-state index contributed by atoms with van der Waals surface area (Å²) in [5.74, 6) is -0.318. The molecule has 0 spiro atoms. The van der Waals surface area contributed by atoms with Gasteiger partial charge in [0.05, 0.1) is 15.1 Å². The second kappa shape index (κ2) is 11.8. The molecule has 5 nitrogen and oxygen atoms in total. The average Bonchev–Trinajstić information content (AvgIpc) is 2.72. The maximum atomic E-state index is 13.0. The Labute approximate surface area is 202 Å². The molecule has 168 valence electrons. The van der Waals surface area contributed by atoms with E-state index in [2.05, 4.69) is 5.32 Å². The molecule has 2 amide bonds. The van der Waals surface area contributed by atoms with Gasteiger partial charge in [-0.2, -0.15) is 0 Å². The fourth-order valence-corrected chi connectivity index (χ4v) is 3.48. The molecule has 0 aromatic heterocycles. The van der Waals surface area contributed by atoms with Crippen molar-refractivity contribution in [1.29, 1.82) is 0 Å². The molecule has 2 aromatic carbocycles. The standard InChI is InChI=1S/C22H24Cl4N2O3/c1-4-13(2)27-22(30)14(3)28(11-15-5-7-17(24)18(25)9-15)21(29)12-31-20-8-6-16(23)10-19(20)26/h5-10,13-14H,4,11-12H2,1-3H3,(H,27,30)/t13-,14-/m1/s1. The van der Waals surface area contributed by atoms with E-state index in [0.29, 0.717) is 25.8 Å². The Morgan fingerprint density at radius 3 is 2.32 bits per heavy atom. The lowest BCUT2D eigenvalue weighted by Gasteiger charge is -2.29. The summed E-state index contributed by atoms with van der Waals surface area (Å²) in [4.78, 5) is 27.2. The molecule has 0 heterocycles. The topological polar surface area (TPSA) is 58.6 Å². The molecule has 2 rings (SSSR count). The van der Waals surface area contributed by atoms with Crippen molar-refractivity contribution in [2.75, 3.05) is 6.61 Å². The Morgan fingerprint density at radius 1 is 1.00 bits per heavy atom. The molecule has 0 saturated heterocycles. The van der Waals surface area contributed by atoms with E-state index in [1.54, 1.807) is 37.3 Å². The highest BCUT2D eigenvalue weighted by molar-refractivity contribution is 6.42. The van der Waals surface area contributed by atoms with Crippen LogP contribution in [0.15, 0.2) is 36.4 Å². The van der Waals surface area contributed by atoms with Crippen molar-refractivity contribution >= 4 is 58.2 Å². The summed E-state index contributed by atoms with van der Waals surface area (Å²) in [5, 5.41) is 4.43. The van der Waals surface area contributed by atoms with Crippen molar-refractivity contribution < 1.29 is 14.3 Å². The average molecular weight is 506 g/mol. The van der Waals surface area contributed by atoms with Crippen molar-refractivity contribution in [3.8, 4) is 5.75 Å². The molecule has 0 fully saturated rings. The minimum absolute atomic E-state index is 0.0130. The number of rotatable bonds is 9. The number of hydrogen-bond acceptors (Lipinski definition) is 3. The number of carbonyl (C=O) groups excluding carboxylic acids is 2. The second-order valence-electron chi connectivity index (χ2n) is 7.13. The van der Waals surface area contributed by atoms with E-state index in [0.717, 1.165) is 12.0 Å². The third kappa shape index (κ3) is 7.46. The molecule has 0 saturated carbocycles. The van der Waals surface area contributed by atoms with E-state index >= 15 is 0 Å². The Kier molecular flexibility index (Phi) is 9.76. The minimum Gasteiger partial charge on any atom is -0.482 e. The number of hydrogen-bond donors (Lipinski definition) is 1. The summed E-state index contributed by atoms with van der Waals surface area (Å²) in [6.07, 6.45) is 0.775. The highest BCUT2D eigenvalue weighted by Gasteiger charge is 2.27. The zero-order valence-corrected chi connectivity index (χ0v) is 20.4. The van der Waals surface area contributed by atoms with Crippen LogP contribution in [0.5, 0.6) is 5.75 Å². The third-order valence-electron chi connectivity index (χ3n) is 4.75. The highest BCUT2D eigenvalue weighted by atomic mass is 35.5. The predicted molar refractivity (Wildman–Crippen MR) is 126 cm³/mol. The van der Waals surface area contributed by atoms with Gasteiger partial charge in [0.15, 0.2) is 6.61 Å². The van der Waals surface area contributed by atoms with Gasteiger partial charge < -0.3 is 15.0 Å². The van der Waals surface area contributed by atoms with Gasteiger partial charge in [0.1, 0.15) is 11.8 Å². The van der Waals surface area contributed by atoms with Gasteiger partial charge in [0, 0.05) is 17.6 Å². The third-order valence-corrected chi connectivity index (χ3v) is 6.02. The van der Waals surface area contributed by atoms with Crippen molar-refractivity contribution in [2.24, 2.45) is 0 Å². The van der Waals surface area contributed by atoms with Crippen molar-refractivity contribution in [3.63, 3.8) is 0 Å². The van der Waals surface area contributed by atoms with E-state index in [-0.39, 0.29) is 31.0 Å². The van der Waals surface area contributed by atoms with Crippen LogP contribution in [-0.2, 0) is 16.1 Å². The molecule has 2 aromatic rings. The largest absolute Gasteiger partial charge is 0.482 e. The summed E-state index contributed by atoms with van der Waals surface area (Å²) in [6.45, 7) is 5.40. The van der Waals surface area contributed by atoms with Crippen LogP contribution >= 0.6 is 46.4 Å². The summed E-state index contributed by atoms with van der Waals surface area (Å²) in [7, 11) is 0. The smallest absolute Gasteiger partial charge is 0.261 e. The first-order chi connectivity index (χ1) is 14.6. The first-order valence-corrected chi connectivity index (χ1v) is 11.2. The van der Waals surface area contributed by atoms with Gasteiger partial charge >= 0.3 is 0 Å². The maximum absolute atomic E-state index is 13.0. The lowest BCUT2D eigenvalue weighted by Crippen LogP contribution is -2.50. The number of ether oxygens (including phenoxy) is 1. The molecule has 0 bridgehead atoms. The lowest BCUT2D eigenvalue weighted by molar-refractivity contribution is -0.142. The normalized spacial score (nSPS) is 12.7. The Balaban J connectivity index is 2.20. The molecular weight excluding hydrogens is 482 g/mol. The molecule has 1 N–H and O–H groups in total. The molecule has 0 aliphatic rings. The quantitative estimate of drug-likeness (QED) is 0.453. The van der Waals surface area contributed by atoms with E-state index < -0.39 is 6.04 Å². The van der Waals surface area contributed by atoms with E-state index in [1.165, 1.54) is 11.0 Å². The van der Waals surface area contributed by atoms with Crippen LogP contribution in [0.1, 0.15) is 32.8 Å². The van der Waals surface area contributed by atoms with Crippen LogP contribution in [0.3, 0.4) is 0 Å². The molecule has 0 aliphatic heterocycles. The van der Waals surface area contributed by atoms with Crippen molar-refractivity contribution in [2.45, 2.75) is 45.8 Å². The Morgan fingerprint density at radius 2 is 1.71 bits per heavy atom. The summed E-state index contributed by atoms with van der Waals surface area (Å²) < 4.78 is 5.59. The summed E-state index contributed by atoms with van der Waals surface area (Å²) in [5.41, 5.74) is 0.732. The fourth-order valence-electron chi connectivity index (χ4n) is 2.70. The number of nitrogens with one attached hydrogen (secondary N) is 1. The first-order valence-electron chi connectivity index (χ1n) is 9.74. The molecule has 31 heavy (non-hydrogen) atoms. The van der Waals surface area contributed by atoms with Crippen LogP contribution in [-0.4, -0.2) is 35.4 Å².